The maximum Gasteiger partial charge on any atom is 0.407 e. The van der Waals surface area contributed by atoms with Crippen molar-refractivity contribution in [2.45, 2.75) is 111 Å². The quantitative estimate of drug-likeness (QED) is 0.0568. The summed E-state index contributed by atoms with van der Waals surface area (Å²) in [5.74, 6) is -2.53. The molecule has 0 unspecified atom stereocenters. The first kappa shape index (κ1) is 46.7. The molecule has 56 heavy (non-hydrogen) atoms. The summed E-state index contributed by atoms with van der Waals surface area (Å²) in [4.78, 5) is 99.5. The summed E-state index contributed by atoms with van der Waals surface area (Å²) in [5, 5.41) is 16.1. The number of ether oxygens (including phenoxy) is 1. The molecule has 1 heterocycles. The SMILES string of the molecule is CCC(C)(C)CCC(=O)NCCNC(=O)OCc1ccc(NC(=O)[C@H](CCCNC(N)=O)NC(=O)[C@@H](NC(=O)CCCCCN2C(=O)C=CC2=O)C(C)C)cc1. The van der Waals surface area contributed by atoms with Crippen LogP contribution in [-0.4, -0.2) is 90.7 Å². The van der Waals surface area contributed by atoms with Crippen molar-refractivity contribution in [2.24, 2.45) is 17.1 Å². The summed E-state index contributed by atoms with van der Waals surface area (Å²) in [6.45, 7) is 10.7. The average Bonchev–Trinajstić information content (AvgIpc) is 3.47. The number of imide groups is 1. The molecule has 0 aromatic heterocycles. The lowest BCUT2D eigenvalue weighted by molar-refractivity contribution is -0.137. The van der Waals surface area contributed by atoms with E-state index in [-0.39, 0.29) is 80.6 Å². The van der Waals surface area contributed by atoms with E-state index in [9.17, 15) is 38.4 Å². The number of unbranched alkanes of at least 4 members (excludes halogenated alkanes) is 2. The van der Waals surface area contributed by atoms with E-state index in [2.05, 4.69) is 52.7 Å². The van der Waals surface area contributed by atoms with E-state index in [1.165, 1.54) is 12.2 Å². The Morgan fingerprint density at radius 3 is 2.07 bits per heavy atom. The van der Waals surface area contributed by atoms with Gasteiger partial charge in [0.25, 0.3) is 11.8 Å². The topological polar surface area (TPSA) is 247 Å². The van der Waals surface area contributed by atoms with Crippen molar-refractivity contribution in [3.8, 4) is 0 Å². The lowest BCUT2D eigenvalue weighted by Crippen LogP contribution is -2.54. The van der Waals surface area contributed by atoms with Crippen LogP contribution < -0.4 is 37.6 Å². The van der Waals surface area contributed by atoms with Crippen LogP contribution in [0.1, 0.15) is 98.0 Å². The van der Waals surface area contributed by atoms with Crippen molar-refractivity contribution in [3.05, 3.63) is 42.0 Å². The van der Waals surface area contributed by atoms with Crippen LogP contribution in [0.2, 0.25) is 0 Å². The summed E-state index contributed by atoms with van der Waals surface area (Å²) in [6, 6.07) is 3.88. The number of benzene rings is 1. The molecule has 17 heteroatoms. The number of primary amides is 1. The fourth-order valence-corrected chi connectivity index (χ4v) is 5.41. The van der Waals surface area contributed by atoms with Crippen LogP contribution in [0, 0.1) is 11.3 Å². The third-order valence-corrected chi connectivity index (χ3v) is 9.35. The molecule has 8 N–H and O–H groups in total. The maximum absolute atomic E-state index is 13.4. The van der Waals surface area contributed by atoms with Gasteiger partial charge in [-0.25, -0.2) is 9.59 Å². The number of urea groups is 1. The predicted octanol–water partition coefficient (Wildman–Crippen LogP) is 2.74. The average molecular weight is 785 g/mol. The smallest absolute Gasteiger partial charge is 0.407 e. The Morgan fingerprint density at radius 1 is 0.786 bits per heavy atom. The molecule has 0 radical (unpaired) electrons. The molecule has 2 atom stereocenters. The molecule has 0 aliphatic carbocycles. The lowest BCUT2D eigenvalue weighted by Gasteiger charge is -2.25. The molecule has 1 aromatic carbocycles. The number of anilines is 1. The number of carbonyl (C=O) groups is 8. The Labute approximate surface area is 329 Å². The van der Waals surface area contributed by atoms with E-state index in [0.717, 1.165) is 17.7 Å². The molecular weight excluding hydrogens is 724 g/mol. The molecular formula is C39H60N8O9. The zero-order valence-electron chi connectivity index (χ0n) is 33.3. The van der Waals surface area contributed by atoms with Crippen LogP contribution in [0.4, 0.5) is 15.3 Å². The number of hydrogen-bond donors (Lipinski definition) is 7. The monoisotopic (exact) mass is 784 g/mol. The first-order valence-electron chi connectivity index (χ1n) is 19.2. The highest BCUT2D eigenvalue weighted by Gasteiger charge is 2.29. The molecule has 1 aliphatic heterocycles. The zero-order valence-corrected chi connectivity index (χ0v) is 33.3. The molecule has 0 spiro atoms. The highest BCUT2D eigenvalue weighted by molar-refractivity contribution is 6.12. The van der Waals surface area contributed by atoms with Gasteiger partial charge in [-0.3, -0.25) is 33.7 Å². The highest BCUT2D eigenvalue weighted by atomic mass is 16.5. The van der Waals surface area contributed by atoms with E-state index in [1.807, 2.05) is 0 Å². The molecule has 2 rings (SSSR count). The maximum atomic E-state index is 13.4. The van der Waals surface area contributed by atoms with Gasteiger partial charge in [-0.1, -0.05) is 59.6 Å². The zero-order chi connectivity index (χ0) is 41.7. The first-order valence-corrected chi connectivity index (χ1v) is 19.2. The van der Waals surface area contributed by atoms with Crippen LogP contribution in [0.3, 0.4) is 0 Å². The molecule has 9 amide bonds. The van der Waals surface area contributed by atoms with Crippen molar-refractivity contribution in [1.29, 1.82) is 0 Å². The van der Waals surface area contributed by atoms with E-state index in [4.69, 9.17) is 10.5 Å². The Balaban J connectivity index is 1.86. The second kappa shape index (κ2) is 24.1. The second-order valence-corrected chi connectivity index (χ2v) is 14.8. The van der Waals surface area contributed by atoms with Gasteiger partial charge in [-0.2, -0.15) is 0 Å². The molecule has 0 saturated heterocycles. The van der Waals surface area contributed by atoms with Gasteiger partial charge in [0.05, 0.1) is 0 Å². The van der Waals surface area contributed by atoms with Gasteiger partial charge < -0.3 is 42.4 Å². The largest absolute Gasteiger partial charge is 0.445 e. The number of rotatable bonds is 25. The summed E-state index contributed by atoms with van der Waals surface area (Å²) < 4.78 is 5.25. The highest BCUT2D eigenvalue weighted by Crippen LogP contribution is 2.25. The number of carbonyl (C=O) groups excluding carboxylic acids is 8. The van der Waals surface area contributed by atoms with Crippen molar-refractivity contribution >= 4 is 53.3 Å². The van der Waals surface area contributed by atoms with Crippen LogP contribution in [0.5, 0.6) is 0 Å². The third kappa shape index (κ3) is 18.2. The van der Waals surface area contributed by atoms with Gasteiger partial charge >= 0.3 is 12.1 Å². The molecule has 0 saturated carbocycles. The Hall–Kier alpha value is -5.48. The van der Waals surface area contributed by atoms with Crippen LogP contribution in [0.15, 0.2) is 36.4 Å². The van der Waals surface area contributed by atoms with E-state index >= 15 is 0 Å². The fourth-order valence-electron chi connectivity index (χ4n) is 5.41. The van der Waals surface area contributed by atoms with Crippen molar-refractivity contribution < 1.29 is 43.1 Å². The Kier molecular flexibility index (Phi) is 20.1. The second-order valence-electron chi connectivity index (χ2n) is 14.8. The molecule has 0 fully saturated rings. The minimum atomic E-state index is -1.03. The molecule has 17 nitrogen and oxygen atoms in total. The summed E-state index contributed by atoms with van der Waals surface area (Å²) >= 11 is 0. The normalized spacial score (nSPS) is 13.5. The van der Waals surface area contributed by atoms with Gasteiger partial charge in [0.15, 0.2) is 0 Å². The number of hydrogen-bond acceptors (Lipinski definition) is 9. The third-order valence-electron chi connectivity index (χ3n) is 9.35. The van der Waals surface area contributed by atoms with Crippen LogP contribution in [-0.2, 0) is 40.1 Å². The summed E-state index contributed by atoms with van der Waals surface area (Å²) in [7, 11) is 0. The van der Waals surface area contributed by atoms with Gasteiger partial charge in [0, 0.05) is 56.9 Å². The number of alkyl carbamates (subject to hydrolysis) is 1. The van der Waals surface area contributed by atoms with Gasteiger partial charge in [0.1, 0.15) is 18.7 Å². The van der Waals surface area contributed by atoms with Crippen molar-refractivity contribution in [1.82, 2.24) is 31.5 Å². The molecule has 310 valence electrons. The van der Waals surface area contributed by atoms with Gasteiger partial charge in [-0.05, 0) is 61.1 Å². The molecule has 1 aliphatic rings. The fraction of sp³-hybridized carbons (Fsp3) is 0.590. The minimum Gasteiger partial charge on any atom is -0.445 e. The van der Waals surface area contributed by atoms with Gasteiger partial charge in [0.2, 0.25) is 23.6 Å². The molecule has 0 bridgehead atoms. The lowest BCUT2D eigenvalue weighted by atomic mass is 9.85. The number of amides is 9. The van der Waals surface area contributed by atoms with Gasteiger partial charge in [-0.15, -0.1) is 0 Å². The number of nitrogens with two attached hydrogens (primary N) is 1. The number of nitrogens with one attached hydrogen (secondary N) is 6. The first-order chi connectivity index (χ1) is 26.5. The Bertz CT molecular complexity index is 1530. The van der Waals surface area contributed by atoms with Crippen LogP contribution in [0.25, 0.3) is 0 Å². The number of nitrogens with zero attached hydrogens (tertiary/aromatic N) is 1. The van der Waals surface area contributed by atoms with Crippen molar-refractivity contribution in [2.75, 3.05) is 31.5 Å². The summed E-state index contributed by atoms with van der Waals surface area (Å²) in [5.41, 5.74) is 6.32. The van der Waals surface area contributed by atoms with Crippen molar-refractivity contribution in [3.63, 3.8) is 0 Å². The Morgan fingerprint density at radius 2 is 1.45 bits per heavy atom. The van der Waals surface area contributed by atoms with Crippen LogP contribution >= 0.6 is 0 Å². The van der Waals surface area contributed by atoms with E-state index < -0.39 is 36.0 Å². The minimum absolute atomic E-state index is 0.0370. The van der Waals surface area contributed by atoms with E-state index in [0.29, 0.717) is 43.4 Å². The predicted molar refractivity (Wildman–Crippen MR) is 209 cm³/mol. The van der Waals surface area contributed by atoms with E-state index in [1.54, 1.807) is 38.1 Å². The molecule has 1 aromatic rings. The standard InChI is InChI=1S/C39H60N8O9/c1-6-39(4,5)20-19-30(48)41-22-23-43-38(55)56-25-27-13-15-28(16-14-27)44-35(52)29(11-10-21-42-37(40)54)45-36(53)34(26(2)3)46-31(49)12-8-7-9-24-47-32(50)17-18-33(47)51/h13-18,26,29,34H,6-12,19-25H2,1-5H3,(H,41,48)(H,43,55)(H,44,52)(H,45,53)(H,46,49)(H3,40,42,54)/t29-,34-/m0/s1. The summed E-state index contributed by atoms with van der Waals surface area (Å²) in [6.07, 6.45) is 6.18.